The van der Waals surface area contributed by atoms with Crippen LogP contribution in [0.5, 0.6) is 0 Å². The van der Waals surface area contributed by atoms with Crippen molar-refractivity contribution < 1.29 is 57.2 Å². The Labute approximate surface area is 545 Å². The van der Waals surface area contributed by atoms with Crippen molar-refractivity contribution in [3.63, 3.8) is 0 Å². The minimum Gasteiger partial charge on any atom is -0.416 e. The van der Waals surface area contributed by atoms with E-state index < -0.39 is 150 Å². The summed E-state index contributed by atoms with van der Waals surface area (Å²) in [7, 11) is 0. The number of rotatable bonds is 40. The van der Waals surface area contributed by atoms with Crippen LogP contribution in [0.1, 0.15) is 144 Å². The van der Waals surface area contributed by atoms with Crippen molar-refractivity contribution >= 4 is 82.6 Å². The highest BCUT2D eigenvalue weighted by atomic mass is 32.2. The number of thioether (sulfide) groups is 1. The Balaban J connectivity index is 1.37. The summed E-state index contributed by atoms with van der Waals surface area (Å²) in [6.45, 7) is 4.65. The van der Waals surface area contributed by atoms with E-state index >= 15 is 0 Å². The molecule has 0 unspecified atom stereocenters. The van der Waals surface area contributed by atoms with Crippen molar-refractivity contribution in [2.24, 2.45) is 51.0 Å². The summed E-state index contributed by atoms with van der Waals surface area (Å²) in [6, 6.07) is 5.68. The second-order valence-electron chi connectivity index (χ2n) is 23.8. The summed E-state index contributed by atoms with van der Waals surface area (Å²) in [4.78, 5) is 159. The minimum absolute atomic E-state index is 0.0450. The van der Waals surface area contributed by atoms with Gasteiger partial charge < -0.3 is 86.3 Å². The molecule has 2 saturated heterocycles. The van der Waals surface area contributed by atoms with Gasteiger partial charge in [0.1, 0.15) is 42.3 Å². The normalized spacial score (nSPS) is 17.1. The molecule has 93 heavy (non-hydrogen) atoms. The number of nitrogens with two attached hydrogens (primary N) is 7. The van der Waals surface area contributed by atoms with Gasteiger partial charge in [0.15, 0.2) is 5.96 Å². The fourth-order valence-corrected chi connectivity index (χ4v) is 11.5. The molecule has 2 aliphatic rings. The van der Waals surface area contributed by atoms with Crippen LogP contribution in [0.3, 0.4) is 0 Å². The van der Waals surface area contributed by atoms with E-state index in [4.69, 9.17) is 44.6 Å². The van der Waals surface area contributed by atoms with Gasteiger partial charge in [-0.3, -0.25) is 57.7 Å². The molecule has 0 aliphatic carbocycles. The number of ketones is 1. The van der Waals surface area contributed by atoms with Crippen molar-refractivity contribution in [2.45, 2.75) is 183 Å². The number of likely N-dealkylation sites (tertiary alicyclic amines) is 2. The number of hydrogen-bond acceptors (Lipinski definition) is 19. The highest BCUT2D eigenvalue weighted by molar-refractivity contribution is 7.98. The number of hydrogen-bond donors (Lipinski definition) is 13. The Bertz CT molecular complexity index is 3030. The average Bonchev–Trinajstić information content (AvgIpc) is 1.77. The maximum atomic E-state index is 14.8. The number of Topliss-reactive ketones (excluding diaryl/α,β-unsaturated/α-hetero) is 1. The molecule has 2 fully saturated rings. The fourth-order valence-electron chi connectivity index (χ4n) is 11.0. The molecule has 5 rings (SSSR count). The fraction of sp³-hybridized carbons (Fsp3) is 0.581. The first-order valence-corrected chi connectivity index (χ1v) is 33.0. The van der Waals surface area contributed by atoms with Gasteiger partial charge in [-0.25, -0.2) is 0 Å². The Morgan fingerprint density at radius 3 is 1.67 bits per heavy atom. The average molecular weight is 1320 g/mol. The molecule has 2 aromatic carbocycles. The molecule has 1 aromatic heterocycles. The second kappa shape index (κ2) is 38.5. The molecule has 3 heterocycles. The lowest BCUT2D eigenvalue weighted by atomic mass is 9.99. The van der Waals surface area contributed by atoms with E-state index in [0.29, 0.717) is 68.4 Å². The second-order valence-corrected chi connectivity index (χ2v) is 24.8. The SMILES string of the molecule is CSCC[C@H](N)C(=O)N[C@@H](CC(C)C)C(=O)c1nnc([C@H](Cc2ccccc2)NC(=O)[C@H](Cc2ccccc2)NC(=O)[C@H](CCC(N)=O)NC(=O)[C@H](CCC(N)=O)NC(=O)[C@@H]2CCCN2C(=O)[C@H](CCCCN)NC(=O)[C@@H]2CCCN2C(=O)[C@@H](N)CCCN=C(N)N)o1. The predicted octanol–water partition coefficient (Wildman–Crippen LogP) is -1.53. The third kappa shape index (κ3) is 24.5. The highest BCUT2D eigenvalue weighted by Gasteiger charge is 2.42. The van der Waals surface area contributed by atoms with Crippen LogP contribution < -0.4 is 72.0 Å². The number of carbonyl (C=O) groups excluding carboxylic acids is 11. The molecule has 30 nitrogen and oxygen atoms in total. The Kier molecular flexibility index (Phi) is 31.1. The first-order chi connectivity index (χ1) is 44.4. The topological polar surface area (TPSA) is 500 Å². The monoisotopic (exact) mass is 1310 g/mol. The van der Waals surface area contributed by atoms with Crippen molar-refractivity contribution in [1.29, 1.82) is 0 Å². The van der Waals surface area contributed by atoms with Crippen molar-refractivity contribution in [3.8, 4) is 0 Å². The van der Waals surface area contributed by atoms with Crippen LogP contribution in [0.2, 0.25) is 0 Å². The standard InChI is InChI=1S/C62H94N18O12S/c1-36(2)33-44(74-52(84)39(64)27-32-93-3)51(83)59-78-77-58(92-59)46(35-38-17-8-5-9-18-38)76-55(87)45(34-37-15-6-4-7-16-37)75-54(86)41(23-25-49(66)81)71-53(85)42(24-26-50(67)82)72-56(88)48-22-14-31-80(48)61(91)43(20-10-11-28-63)73-57(89)47-21-13-30-79(47)60(90)40(65)19-12-29-70-62(68)69/h4-9,15-18,36,39-48H,10-14,19-35,63-65H2,1-3H3,(H2,66,81)(H2,67,82)(H,71,85)(H,72,88)(H,73,89)(H,74,84)(H,75,86)(H,76,87)(H4,68,69,70)/t39-,40-,41-,42-,43-,44-,45-,46-,47-,48-/m0/s1. The smallest absolute Gasteiger partial charge is 0.286 e. The number of aliphatic imine (C=N–C) groups is 1. The van der Waals surface area contributed by atoms with E-state index in [9.17, 15) is 52.7 Å². The van der Waals surface area contributed by atoms with E-state index in [1.54, 1.807) is 60.7 Å². The van der Waals surface area contributed by atoms with Crippen LogP contribution in [0, 0.1) is 5.92 Å². The van der Waals surface area contributed by atoms with Gasteiger partial charge in [0, 0.05) is 45.3 Å². The molecule has 20 N–H and O–H groups in total. The molecular formula is C62H94N18O12S. The van der Waals surface area contributed by atoms with E-state index in [-0.39, 0.29) is 82.3 Å². The quantitative estimate of drug-likeness (QED) is 0.0133. The summed E-state index contributed by atoms with van der Waals surface area (Å²) in [6.07, 6.45) is 3.77. The molecule has 0 spiro atoms. The Morgan fingerprint density at radius 1 is 0.591 bits per heavy atom. The van der Waals surface area contributed by atoms with E-state index in [0.717, 1.165) is 0 Å². The zero-order valence-corrected chi connectivity index (χ0v) is 54.1. The van der Waals surface area contributed by atoms with Crippen molar-refractivity contribution in [3.05, 3.63) is 83.6 Å². The molecule has 3 aromatic rings. The third-order valence-electron chi connectivity index (χ3n) is 15.9. The predicted molar refractivity (Wildman–Crippen MR) is 347 cm³/mol. The van der Waals surface area contributed by atoms with Crippen LogP contribution in [0.25, 0.3) is 0 Å². The molecule has 31 heteroatoms. The number of aromatic nitrogens is 2. The van der Waals surface area contributed by atoms with Gasteiger partial charge in [-0.1, -0.05) is 74.5 Å². The molecule has 0 saturated carbocycles. The van der Waals surface area contributed by atoms with Crippen LogP contribution in [0.15, 0.2) is 70.1 Å². The Morgan fingerprint density at radius 2 is 1.12 bits per heavy atom. The van der Waals surface area contributed by atoms with Gasteiger partial charge in [0.25, 0.3) is 5.89 Å². The van der Waals surface area contributed by atoms with Crippen LogP contribution in [-0.4, -0.2) is 183 Å². The number of nitrogens with zero attached hydrogens (tertiary/aromatic N) is 5. The number of primary amides is 2. The third-order valence-corrected chi connectivity index (χ3v) is 16.6. The summed E-state index contributed by atoms with van der Waals surface area (Å²) >= 11 is 1.52. The zero-order valence-electron chi connectivity index (χ0n) is 53.3. The number of benzene rings is 2. The maximum Gasteiger partial charge on any atom is 0.286 e. The first-order valence-electron chi connectivity index (χ1n) is 31.6. The summed E-state index contributed by atoms with van der Waals surface area (Å²) in [5, 5.41) is 24.7. The molecular weight excluding hydrogens is 1220 g/mol. The lowest BCUT2D eigenvalue weighted by Gasteiger charge is -2.32. The molecule has 0 radical (unpaired) electrons. The molecule has 10 atom stereocenters. The number of nitrogens with one attached hydrogen (secondary N) is 6. The van der Waals surface area contributed by atoms with Gasteiger partial charge in [0.2, 0.25) is 70.7 Å². The number of guanidine groups is 1. The largest absolute Gasteiger partial charge is 0.416 e. The van der Waals surface area contributed by atoms with Crippen molar-refractivity contribution in [1.82, 2.24) is 51.9 Å². The van der Waals surface area contributed by atoms with E-state index in [1.807, 2.05) is 20.1 Å². The summed E-state index contributed by atoms with van der Waals surface area (Å²) in [5.41, 5.74) is 41.4. The number of amides is 10. The van der Waals surface area contributed by atoms with Gasteiger partial charge in [-0.15, -0.1) is 10.2 Å². The zero-order chi connectivity index (χ0) is 68.1. The molecule has 0 bridgehead atoms. The summed E-state index contributed by atoms with van der Waals surface area (Å²) < 4.78 is 6.02. The number of unbranched alkanes of at least 4 members (excludes halogenated alkanes) is 1. The molecule has 510 valence electrons. The number of carbonyl (C=O) groups is 11. The van der Waals surface area contributed by atoms with E-state index in [1.165, 1.54) is 21.6 Å². The van der Waals surface area contributed by atoms with Gasteiger partial charge in [0.05, 0.1) is 18.1 Å². The van der Waals surface area contributed by atoms with Gasteiger partial charge in [-0.05, 0) is 119 Å². The van der Waals surface area contributed by atoms with Crippen LogP contribution >= 0.6 is 11.8 Å². The lowest BCUT2D eigenvalue weighted by Crippen LogP contribution is -2.59. The lowest BCUT2D eigenvalue weighted by molar-refractivity contribution is -0.144. The van der Waals surface area contributed by atoms with Crippen LogP contribution in [-0.2, 0) is 60.8 Å². The van der Waals surface area contributed by atoms with Crippen LogP contribution in [0.4, 0.5) is 0 Å². The first kappa shape index (κ1) is 75.2. The van der Waals surface area contributed by atoms with Crippen molar-refractivity contribution in [2.75, 3.05) is 38.2 Å². The molecule has 2 aliphatic heterocycles. The van der Waals surface area contributed by atoms with Gasteiger partial charge >= 0.3 is 0 Å². The maximum absolute atomic E-state index is 14.8. The van der Waals surface area contributed by atoms with Gasteiger partial charge in [-0.2, -0.15) is 11.8 Å². The molecule has 10 amide bonds. The Hall–Kier alpha value is -8.55. The highest BCUT2D eigenvalue weighted by Crippen LogP contribution is 2.25. The minimum atomic E-state index is -1.60. The summed E-state index contributed by atoms with van der Waals surface area (Å²) in [5.74, 6) is -8.20. The van der Waals surface area contributed by atoms with E-state index in [2.05, 4.69) is 47.1 Å².